The van der Waals surface area contributed by atoms with Gasteiger partial charge in [-0.05, 0) is 49.1 Å². The first kappa shape index (κ1) is 20.0. The van der Waals surface area contributed by atoms with Crippen molar-refractivity contribution in [3.8, 4) is 11.5 Å². The van der Waals surface area contributed by atoms with E-state index in [0.717, 1.165) is 24.5 Å². The van der Waals surface area contributed by atoms with Gasteiger partial charge >= 0.3 is 0 Å². The number of nitrogens with zero attached hydrogens (tertiary/aromatic N) is 2. The molecule has 6 heteroatoms. The van der Waals surface area contributed by atoms with Crippen LogP contribution in [0.25, 0.3) is 0 Å². The molecule has 0 unspecified atom stereocenters. The summed E-state index contributed by atoms with van der Waals surface area (Å²) in [6.45, 7) is 2.63. The van der Waals surface area contributed by atoms with Gasteiger partial charge in [-0.1, -0.05) is 18.9 Å². The highest BCUT2D eigenvalue weighted by Crippen LogP contribution is 2.27. The van der Waals surface area contributed by atoms with Crippen molar-refractivity contribution in [1.29, 1.82) is 0 Å². The second-order valence-electron chi connectivity index (χ2n) is 7.00. The molecule has 1 saturated heterocycles. The minimum absolute atomic E-state index is 0.101. The van der Waals surface area contributed by atoms with Crippen molar-refractivity contribution >= 4 is 11.7 Å². The van der Waals surface area contributed by atoms with E-state index in [1.54, 1.807) is 20.4 Å². The Morgan fingerprint density at radius 2 is 1.79 bits per heavy atom. The van der Waals surface area contributed by atoms with Crippen LogP contribution in [0.5, 0.6) is 11.5 Å². The lowest BCUT2D eigenvalue weighted by molar-refractivity contribution is 0.0954. The minimum Gasteiger partial charge on any atom is -0.493 e. The standard InChI is InChI=1S/C22H29N3O3/c1-27-19-9-7-17(15-20(19)28-2)11-12-23-22(26)18-8-10-21(24-16-18)25-13-5-3-4-6-14-25/h7-10,15-16H,3-6,11-14H2,1-2H3,(H,23,26). The molecule has 1 fully saturated rings. The number of hydrogen-bond donors (Lipinski definition) is 1. The van der Waals surface area contributed by atoms with Gasteiger partial charge in [-0.25, -0.2) is 4.98 Å². The summed E-state index contributed by atoms with van der Waals surface area (Å²) in [5, 5.41) is 2.96. The molecule has 150 valence electrons. The molecule has 0 spiro atoms. The van der Waals surface area contributed by atoms with Crippen LogP contribution in [0.15, 0.2) is 36.5 Å². The molecule has 0 atom stereocenters. The lowest BCUT2D eigenvalue weighted by Gasteiger charge is -2.21. The summed E-state index contributed by atoms with van der Waals surface area (Å²) < 4.78 is 10.6. The lowest BCUT2D eigenvalue weighted by Crippen LogP contribution is -2.27. The fraction of sp³-hybridized carbons (Fsp3) is 0.455. The molecule has 28 heavy (non-hydrogen) atoms. The smallest absolute Gasteiger partial charge is 0.252 e. The Morgan fingerprint density at radius 3 is 2.43 bits per heavy atom. The van der Waals surface area contributed by atoms with E-state index in [-0.39, 0.29) is 5.91 Å². The molecule has 0 radical (unpaired) electrons. The van der Waals surface area contributed by atoms with Crippen LogP contribution in [0.2, 0.25) is 0 Å². The number of hydrogen-bond acceptors (Lipinski definition) is 5. The van der Waals surface area contributed by atoms with E-state index >= 15 is 0 Å². The van der Waals surface area contributed by atoms with Gasteiger partial charge in [-0.15, -0.1) is 0 Å². The molecule has 1 aromatic carbocycles. The average Bonchev–Trinajstić information content (AvgIpc) is 3.03. The van der Waals surface area contributed by atoms with Crippen molar-refractivity contribution in [3.63, 3.8) is 0 Å². The third kappa shape index (κ3) is 5.15. The van der Waals surface area contributed by atoms with E-state index in [1.807, 2.05) is 30.3 Å². The maximum Gasteiger partial charge on any atom is 0.252 e. The van der Waals surface area contributed by atoms with E-state index in [4.69, 9.17) is 9.47 Å². The Balaban J connectivity index is 1.52. The zero-order valence-electron chi connectivity index (χ0n) is 16.7. The first-order valence-corrected chi connectivity index (χ1v) is 9.91. The average molecular weight is 383 g/mol. The largest absolute Gasteiger partial charge is 0.493 e. The number of benzene rings is 1. The normalized spacial score (nSPS) is 14.3. The summed E-state index contributed by atoms with van der Waals surface area (Å²) in [6, 6.07) is 9.60. The Hall–Kier alpha value is -2.76. The number of aromatic nitrogens is 1. The maximum atomic E-state index is 12.4. The van der Waals surface area contributed by atoms with Crippen LogP contribution in [0, 0.1) is 0 Å². The van der Waals surface area contributed by atoms with E-state index in [9.17, 15) is 4.79 Å². The summed E-state index contributed by atoms with van der Waals surface area (Å²) in [5.41, 5.74) is 1.67. The van der Waals surface area contributed by atoms with E-state index in [2.05, 4.69) is 15.2 Å². The maximum absolute atomic E-state index is 12.4. The molecule has 0 aliphatic carbocycles. The number of ether oxygens (including phenoxy) is 2. The highest BCUT2D eigenvalue weighted by atomic mass is 16.5. The van der Waals surface area contributed by atoms with Gasteiger partial charge < -0.3 is 19.7 Å². The van der Waals surface area contributed by atoms with Crippen molar-refractivity contribution < 1.29 is 14.3 Å². The summed E-state index contributed by atoms with van der Waals surface area (Å²) in [4.78, 5) is 19.2. The Morgan fingerprint density at radius 1 is 1.04 bits per heavy atom. The van der Waals surface area contributed by atoms with Gasteiger partial charge in [0.25, 0.3) is 5.91 Å². The number of rotatable bonds is 7. The molecule has 0 saturated carbocycles. The molecule has 3 rings (SSSR count). The van der Waals surface area contributed by atoms with Gasteiger partial charge in [0.2, 0.25) is 0 Å². The van der Waals surface area contributed by atoms with Crippen LogP contribution < -0.4 is 19.7 Å². The highest BCUT2D eigenvalue weighted by Gasteiger charge is 2.12. The first-order valence-electron chi connectivity index (χ1n) is 9.91. The molecule has 2 aromatic rings. The molecule has 1 amide bonds. The lowest BCUT2D eigenvalue weighted by atomic mass is 10.1. The number of methoxy groups -OCH3 is 2. The number of nitrogens with one attached hydrogen (secondary N) is 1. The number of carbonyl (C=O) groups is 1. The number of anilines is 1. The van der Waals surface area contributed by atoms with Crippen LogP contribution in [-0.2, 0) is 6.42 Å². The molecule has 6 nitrogen and oxygen atoms in total. The molecular weight excluding hydrogens is 354 g/mol. The van der Waals surface area contributed by atoms with Gasteiger partial charge in [0.1, 0.15) is 5.82 Å². The second kappa shape index (κ2) is 9.97. The van der Waals surface area contributed by atoms with E-state index in [1.165, 1.54) is 25.7 Å². The van der Waals surface area contributed by atoms with Gasteiger partial charge in [0.15, 0.2) is 11.5 Å². The molecule has 1 aliphatic heterocycles. The number of carbonyl (C=O) groups excluding carboxylic acids is 1. The third-order valence-corrected chi connectivity index (χ3v) is 5.09. The topological polar surface area (TPSA) is 63.7 Å². The van der Waals surface area contributed by atoms with Crippen LogP contribution in [0.1, 0.15) is 41.6 Å². The second-order valence-corrected chi connectivity index (χ2v) is 7.00. The number of pyridine rings is 1. The van der Waals surface area contributed by atoms with Crippen molar-refractivity contribution in [2.75, 3.05) is 38.8 Å². The molecule has 2 heterocycles. The zero-order valence-corrected chi connectivity index (χ0v) is 16.7. The predicted octanol–water partition coefficient (Wildman–Crippen LogP) is 3.45. The van der Waals surface area contributed by atoms with E-state index < -0.39 is 0 Å². The van der Waals surface area contributed by atoms with Gasteiger partial charge in [0.05, 0.1) is 19.8 Å². The molecule has 1 aliphatic rings. The number of amides is 1. The van der Waals surface area contributed by atoms with E-state index in [0.29, 0.717) is 30.0 Å². The summed E-state index contributed by atoms with van der Waals surface area (Å²) in [7, 11) is 3.23. The van der Waals surface area contributed by atoms with Crippen molar-refractivity contribution in [2.24, 2.45) is 0 Å². The quantitative estimate of drug-likeness (QED) is 0.793. The molecule has 0 bridgehead atoms. The van der Waals surface area contributed by atoms with Gasteiger partial charge in [0, 0.05) is 25.8 Å². The van der Waals surface area contributed by atoms with Crippen LogP contribution >= 0.6 is 0 Å². The van der Waals surface area contributed by atoms with Crippen LogP contribution in [0.4, 0.5) is 5.82 Å². The fourth-order valence-electron chi connectivity index (χ4n) is 3.47. The zero-order chi connectivity index (χ0) is 19.8. The Labute approximate surface area is 166 Å². The third-order valence-electron chi connectivity index (χ3n) is 5.09. The molecular formula is C22H29N3O3. The Kier molecular flexibility index (Phi) is 7.12. The molecule has 1 N–H and O–H groups in total. The van der Waals surface area contributed by atoms with Crippen molar-refractivity contribution in [3.05, 3.63) is 47.7 Å². The first-order chi connectivity index (χ1) is 13.7. The minimum atomic E-state index is -0.101. The monoisotopic (exact) mass is 383 g/mol. The van der Waals surface area contributed by atoms with Crippen LogP contribution in [0.3, 0.4) is 0 Å². The Bertz CT molecular complexity index is 769. The fourth-order valence-corrected chi connectivity index (χ4v) is 3.47. The van der Waals surface area contributed by atoms with Crippen LogP contribution in [-0.4, -0.2) is 44.7 Å². The van der Waals surface area contributed by atoms with Gasteiger partial charge in [-0.2, -0.15) is 0 Å². The highest BCUT2D eigenvalue weighted by molar-refractivity contribution is 5.94. The molecule has 1 aromatic heterocycles. The van der Waals surface area contributed by atoms with Crippen molar-refractivity contribution in [2.45, 2.75) is 32.1 Å². The predicted molar refractivity (Wildman–Crippen MR) is 111 cm³/mol. The SMILES string of the molecule is COc1ccc(CCNC(=O)c2ccc(N3CCCCCC3)nc2)cc1OC. The summed E-state index contributed by atoms with van der Waals surface area (Å²) in [6.07, 6.45) is 7.38. The van der Waals surface area contributed by atoms with Crippen molar-refractivity contribution in [1.82, 2.24) is 10.3 Å². The summed E-state index contributed by atoms with van der Waals surface area (Å²) >= 11 is 0. The summed E-state index contributed by atoms with van der Waals surface area (Å²) in [5.74, 6) is 2.25. The van der Waals surface area contributed by atoms with Gasteiger partial charge in [-0.3, -0.25) is 4.79 Å².